The molecule has 80 valence electrons. The van der Waals surface area contributed by atoms with E-state index >= 15 is 0 Å². The molecule has 2 aromatic rings. The number of nitrogens with one attached hydrogen (secondary N) is 1. The lowest BCUT2D eigenvalue weighted by Crippen LogP contribution is -2.10. The van der Waals surface area contributed by atoms with Gasteiger partial charge in [-0.25, -0.2) is 4.98 Å². The first-order valence-corrected chi connectivity index (χ1v) is 4.62. The SMILES string of the molecule is NC(=O)c1ccc(-c2c[nH]c(=O)cn2)cc1. The summed E-state index contributed by atoms with van der Waals surface area (Å²) in [6.45, 7) is 0. The van der Waals surface area contributed by atoms with Crippen molar-refractivity contribution in [3.63, 3.8) is 0 Å². The minimum atomic E-state index is -0.471. The van der Waals surface area contributed by atoms with Crippen molar-refractivity contribution >= 4 is 5.91 Å². The lowest BCUT2D eigenvalue weighted by molar-refractivity contribution is 0.100. The molecule has 5 heteroatoms. The number of benzene rings is 1. The van der Waals surface area contributed by atoms with Crippen LogP contribution in [-0.2, 0) is 0 Å². The Bertz CT molecular complexity index is 552. The number of nitrogens with zero attached hydrogens (tertiary/aromatic N) is 1. The van der Waals surface area contributed by atoms with Gasteiger partial charge in [0.1, 0.15) is 0 Å². The molecule has 0 unspecified atom stereocenters. The number of primary amides is 1. The number of carbonyl (C=O) groups is 1. The summed E-state index contributed by atoms with van der Waals surface area (Å²) in [5.41, 5.74) is 6.75. The van der Waals surface area contributed by atoms with Crippen LogP contribution in [0, 0.1) is 0 Å². The highest BCUT2D eigenvalue weighted by atomic mass is 16.1. The van der Waals surface area contributed by atoms with Crippen molar-refractivity contribution in [2.24, 2.45) is 5.73 Å². The molecule has 0 saturated heterocycles. The van der Waals surface area contributed by atoms with E-state index in [1.54, 1.807) is 24.3 Å². The van der Waals surface area contributed by atoms with Gasteiger partial charge in [0.05, 0.1) is 11.9 Å². The lowest BCUT2D eigenvalue weighted by Gasteiger charge is -2.00. The van der Waals surface area contributed by atoms with E-state index in [2.05, 4.69) is 9.97 Å². The van der Waals surface area contributed by atoms with Crippen molar-refractivity contribution in [2.45, 2.75) is 0 Å². The number of H-pyrrole nitrogens is 1. The summed E-state index contributed by atoms with van der Waals surface area (Å²) in [7, 11) is 0. The van der Waals surface area contributed by atoms with Crippen LogP contribution in [0.5, 0.6) is 0 Å². The highest BCUT2D eigenvalue weighted by Gasteiger charge is 2.02. The number of aromatic amines is 1. The zero-order valence-corrected chi connectivity index (χ0v) is 8.31. The van der Waals surface area contributed by atoms with Crippen molar-refractivity contribution in [1.29, 1.82) is 0 Å². The molecule has 5 nitrogen and oxygen atoms in total. The highest BCUT2D eigenvalue weighted by molar-refractivity contribution is 5.93. The fourth-order valence-electron chi connectivity index (χ4n) is 1.31. The Kier molecular flexibility index (Phi) is 2.51. The van der Waals surface area contributed by atoms with E-state index in [-0.39, 0.29) is 5.56 Å². The van der Waals surface area contributed by atoms with Crippen molar-refractivity contribution in [1.82, 2.24) is 9.97 Å². The van der Waals surface area contributed by atoms with E-state index in [1.807, 2.05) is 0 Å². The molecule has 0 radical (unpaired) electrons. The zero-order chi connectivity index (χ0) is 11.5. The zero-order valence-electron chi connectivity index (χ0n) is 8.31. The van der Waals surface area contributed by atoms with E-state index < -0.39 is 5.91 Å². The number of rotatable bonds is 2. The molecular weight excluding hydrogens is 206 g/mol. The van der Waals surface area contributed by atoms with Crippen molar-refractivity contribution < 1.29 is 4.79 Å². The highest BCUT2D eigenvalue weighted by Crippen LogP contribution is 2.15. The van der Waals surface area contributed by atoms with Crippen molar-refractivity contribution in [3.8, 4) is 11.3 Å². The molecule has 3 N–H and O–H groups in total. The monoisotopic (exact) mass is 215 g/mol. The van der Waals surface area contributed by atoms with Gasteiger partial charge in [0.25, 0.3) is 5.56 Å². The van der Waals surface area contributed by atoms with Crippen LogP contribution < -0.4 is 11.3 Å². The first-order chi connectivity index (χ1) is 7.66. The molecule has 0 saturated carbocycles. The van der Waals surface area contributed by atoms with Crippen LogP contribution in [0.2, 0.25) is 0 Å². The predicted octanol–water partition coefficient (Wildman–Crippen LogP) is 0.536. The summed E-state index contributed by atoms with van der Waals surface area (Å²) in [5, 5.41) is 0. The van der Waals surface area contributed by atoms with Gasteiger partial charge >= 0.3 is 0 Å². The Morgan fingerprint density at radius 3 is 2.44 bits per heavy atom. The summed E-state index contributed by atoms with van der Waals surface area (Å²) >= 11 is 0. The third-order valence-electron chi connectivity index (χ3n) is 2.14. The van der Waals surface area contributed by atoms with E-state index in [9.17, 15) is 9.59 Å². The van der Waals surface area contributed by atoms with Gasteiger partial charge in [0.15, 0.2) is 0 Å². The first kappa shape index (κ1) is 10.1. The second-order valence-electron chi connectivity index (χ2n) is 3.24. The normalized spacial score (nSPS) is 10.0. The van der Waals surface area contributed by atoms with Crippen LogP contribution in [-0.4, -0.2) is 15.9 Å². The van der Waals surface area contributed by atoms with Gasteiger partial charge in [0, 0.05) is 17.3 Å². The number of nitrogens with two attached hydrogens (primary N) is 1. The van der Waals surface area contributed by atoms with Gasteiger partial charge in [-0.1, -0.05) is 12.1 Å². The Labute approximate surface area is 91.0 Å². The first-order valence-electron chi connectivity index (χ1n) is 4.62. The summed E-state index contributed by atoms with van der Waals surface area (Å²) in [5.74, 6) is -0.471. The van der Waals surface area contributed by atoms with Gasteiger partial charge in [-0.3, -0.25) is 9.59 Å². The van der Waals surface area contributed by atoms with Gasteiger partial charge in [-0.15, -0.1) is 0 Å². The summed E-state index contributed by atoms with van der Waals surface area (Å²) in [4.78, 5) is 28.2. The third kappa shape index (κ3) is 1.98. The van der Waals surface area contributed by atoms with Gasteiger partial charge in [-0.2, -0.15) is 0 Å². The summed E-state index contributed by atoms with van der Waals surface area (Å²) in [6, 6.07) is 6.68. The molecule has 0 aliphatic rings. The predicted molar refractivity (Wildman–Crippen MR) is 58.8 cm³/mol. The molecule has 16 heavy (non-hydrogen) atoms. The third-order valence-corrected chi connectivity index (χ3v) is 2.14. The molecule has 0 bridgehead atoms. The van der Waals surface area contributed by atoms with Crippen LogP contribution in [0.25, 0.3) is 11.3 Å². The molecule has 0 atom stereocenters. The average molecular weight is 215 g/mol. The van der Waals surface area contributed by atoms with Gasteiger partial charge < -0.3 is 10.7 Å². The quantitative estimate of drug-likeness (QED) is 0.766. The smallest absolute Gasteiger partial charge is 0.266 e. The van der Waals surface area contributed by atoms with E-state index in [1.165, 1.54) is 12.4 Å². The minimum Gasteiger partial charge on any atom is -0.366 e. The molecule has 1 aromatic heterocycles. The Morgan fingerprint density at radius 1 is 1.25 bits per heavy atom. The molecule has 0 aliphatic heterocycles. The largest absolute Gasteiger partial charge is 0.366 e. The van der Waals surface area contributed by atoms with Gasteiger partial charge in [0.2, 0.25) is 5.91 Å². The molecular formula is C11H9N3O2. The Morgan fingerprint density at radius 2 is 1.94 bits per heavy atom. The molecule has 2 rings (SSSR count). The number of amides is 1. The van der Waals surface area contributed by atoms with Crippen LogP contribution in [0.1, 0.15) is 10.4 Å². The number of hydrogen-bond acceptors (Lipinski definition) is 3. The molecule has 0 aliphatic carbocycles. The second kappa shape index (κ2) is 3.98. The Hall–Kier alpha value is -2.43. The fraction of sp³-hybridized carbons (Fsp3) is 0. The van der Waals surface area contributed by atoms with E-state index in [0.717, 1.165) is 5.56 Å². The molecule has 1 heterocycles. The standard InChI is InChI=1S/C11H9N3O2/c12-11(16)8-3-1-7(2-4-8)9-5-14-10(15)6-13-9/h1-6H,(H2,12,16)(H,14,15). The van der Waals surface area contributed by atoms with E-state index in [0.29, 0.717) is 11.3 Å². The average Bonchev–Trinajstić information content (AvgIpc) is 2.30. The van der Waals surface area contributed by atoms with Crippen LogP contribution in [0.4, 0.5) is 0 Å². The van der Waals surface area contributed by atoms with Crippen molar-refractivity contribution in [3.05, 3.63) is 52.6 Å². The van der Waals surface area contributed by atoms with Crippen LogP contribution in [0.3, 0.4) is 0 Å². The Balaban J connectivity index is 2.38. The molecule has 1 amide bonds. The molecule has 0 spiro atoms. The fourth-order valence-corrected chi connectivity index (χ4v) is 1.31. The minimum absolute atomic E-state index is 0.252. The maximum atomic E-state index is 10.9. The second-order valence-corrected chi connectivity index (χ2v) is 3.24. The number of hydrogen-bond donors (Lipinski definition) is 2. The summed E-state index contributed by atoms with van der Waals surface area (Å²) < 4.78 is 0. The maximum absolute atomic E-state index is 10.9. The molecule has 0 fully saturated rings. The van der Waals surface area contributed by atoms with E-state index in [4.69, 9.17) is 5.73 Å². The number of aromatic nitrogens is 2. The maximum Gasteiger partial charge on any atom is 0.266 e. The van der Waals surface area contributed by atoms with Crippen LogP contribution >= 0.6 is 0 Å². The van der Waals surface area contributed by atoms with Gasteiger partial charge in [-0.05, 0) is 12.1 Å². The van der Waals surface area contributed by atoms with Crippen LogP contribution in [0.15, 0.2) is 41.5 Å². The summed E-state index contributed by atoms with van der Waals surface area (Å²) in [6.07, 6.45) is 2.72. The van der Waals surface area contributed by atoms with Crippen molar-refractivity contribution in [2.75, 3.05) is 0 Å². The molecule has 1 aromatic carbocycles. The topological polar surface area (TPSA) is 88.8 Å². The number of carbonyl (C=O) groups excluding carboxylic acids is 1. The lowest BCUT2D eigenvalue weighted by atomic mass is 10.1.